The van der Waals surface area contributed by atoms with Gasteiger partial charge in [0, 0.05) is 12.8 Å². The molecule has 0 aromatic heterocycles. The Labute approximate surface area is 317 Å². The van der Waals surface area contributed by atoms with Crippen LogP contribution in [0.4, 0.5) is 0 Å². The van der Waals surface area contributed by atoms with E-state index in [1.807, 2.05) is 182 Å². The second-order valence-corrected chi connectivity index (χ2v) is 14.3. The molecule has 6 aromatic carbocycles. The van der Waals surface area contributed by atoms with Crippen molar-refractivity contribution in [1.29, 1.82) is 0 Å². The minimum Gasteiger partial charge on any atom is -0.286 e. The number of nitrogens with zero attached hydrogens (tertiary/aromatic N) is 2. The molecule has 2 atom stereocenters. The molecule has 0 spiro atoms. The number of rotatable bonds is 12. The minimum atomic E-state index is -0.915. The van der Waals surface area contributed by atoms with Crippen LogP contribution in [0.15, 0.2) is 182 Å². The van der Waals surface area contributed by atoms with Crippen LogP contribution in [0.3, 0.4) is 0 Å². The van der Waals surface area contributed by atoms with Gasteiger partial charge >= 0.3 is 0 Å². The van der Waals surface area contributed by atoms with Crippen molar-refractivity contribution in [2.45, 2.75) is 61.4 Å². The molecule has 6 nitrogen and oxygen atoms in total. The lowest BCUT2D eigenvalue weighted by Crippen LogP contribution is -2.56. The third-order valence-electron chi connectivity index (χ3n) is 11.3. The Balaban J connectivity index is 1.23. The lowest BCUT2D eigenvalue weighted by Gasteiger charge is -2.43. The topological polar surface area (TPSA) is 81.1 Å². The van der Waals surface area contributed by atoms with Gasteiger partial charge in [0.05, 0.1) is 22.9 Å². The Morgan fingerprint density at radius 3 is 0.815 bits per heavy atom. The minimum absolute atomic E-state index is 0.0662. The summed E-state index contributed by atoms with van der Waals surface area (Å²) in [5.41, 5.74) is 3.68. The van der Waals surface area contributed by atoms with Crippen LogP contribution in [0.1, 0.15) is 71.9 Å². The second-order valence-electron chi connectivity index (χ2n) is 14.3. The molecule has 7 rings (SSSR count). The highest BCUT2D eigenvalue weighted by Gasteiger charge is 2.45. The molecular formula is C48H46N2O4. The Hall–Kier alpha value is -5.82. The number of carbonyl (C=O) groups excluding carboxylic acids is 2. The Morgan fingerprint density at radius 2 is 0.611 bits per heavy atom. The predicted molar refractivity (Wildman–Crippen MR) is 211 cm³/mol. The smallest absolute Gasteiger partial charge is 0.247 e. The van der Waals surface area contributed by atoms with E-state index < -0.39 is 34.7 Å². The van der Waals surface area contributed by atoms with E-state index in [1.165, 1.54) is 0 Å². The maximum atomic E-state index is 14.6. The van der Waals surface area contributed by atoms with Gasteiger partial charge in [0.15, 0.2) is 0 Å². The van der Waals surface area contributed by atoms with Crippen LogP contribution in [0.2, 0.25) is 0 Å². The Kier molecular flexibility index (Phi) is 11.1. The number of hydroxylamine groups is 4. The summed E-state index contributed by atoms with van der Waals surface area (Å²) in [6.45, 7) is 0. The van der Waals surface area contributed by atoms with E-state index in [0.29, 0.717) is 12.8 Å². The first-order valence-corrected chi connectivity index (χ1v) is 18.8. The highest BCUT2D eigenvalue weighted by atomic mass is 16.5. The van der Waals surface area contributed by atoms with Crippen molar-refractivity contribution < 1.29 is 20.0 Å². The number of hydrogen-bond donors (Lipinski definition) is 2. The maximum absolute atomic E-state index is 14.6. The molecule has 6 heteroatoms. The van der Waals surface area contributed by atoms with Crippen molar-refractivity contribution in [3.05, 3.63) is 215 Å². The lowest BCUT2D eigenvalue weighted by molar-refractivity contribution is -0.214. The van der Waals surface area contributed by atoms with E-state index in [2.05, 4.69) is 0 Å². The molecular weight excluding hydrogens is 669 g/mol. The zero-order valence-electron chi connectivity index (χ0n) is 30.3. The van der Waals surface area contributed by atoms with Crippen molar-refractivity contribution in [1.82, 2.24) is 10.1 Å². The molecule has 2 amide bonds. The van der Waals surface area contributed by atoms with E-state index in [1.54, 1.807) is 0 Å². The molecule has 2 N–H and O–H groups in total. The lowest BCUT2D eigenvalue weighted by atomic mass is 9.67. The maximum Gasteiger partial charge on any atom is 0.247 e. The van der Waals surface area contributed by atoms with Crippen molar-refractivity contribution in [2.75, 3.05) is 0 Å². The summed E-state index contributed by atoms with van der Waals surface area (Å²) in [7, 11) is 0. The highest BCUT2D eigenvalue weighted by Crippen LogP contribution is 2.45. The van der Waals surface area contributed by atoms with Gasteiger partial charge in [-0.25, -0.2) is 10.1 Å². The number of carbonyl (C=O) groups is 2. The Bertz CT molecular complexity index is 1750. The highest BCUT2D eigenvalue weighted by molar-refractivity contribution is 5.81. The van der Waals surface area contributed by atoms with Crippen molar-refractivity contribution in [2.24, 2.45) is 0 Å². The average Bonchev–Trinajstić information content (AvgIpc) is 3.26. The van der Waals surface area contributed by atoms with Crippen molar-refractivity contribution in [3.8, 4) is 0 Å². The Morgan fingerprint density at radius 1 is 0.407 bits per heavy atom. The van der Waals surface area contributed by atoms with E-state index >= 15 is 0 Å². The first-order chi connectivity index (χ1) is 26.4. The van der Waals surface area contributed by atoms with Crippen LogP contribution >= 0.6 is 0 Å². The van der Waals surface area contributed by atoms with Gasteiger partial charge in [-0.2, -0.15) is 0 Å². The number of hydrogen-bond acceptors (Lipinski definition) is 4. The van der Waals surface area contributed by atoms with Gasteiger partial charge in [0.25, 0.3) is 0 Å². The monoisotopic (exact) mass is 714 g/mol. The van der Waals surface area contributed by atoms with Crippen LogP contribution in [-0.2, 0) is 20.4 Å². The fourth-order valence-electron chi connectivity index (χ4n) is 8.60. The summed E-state index contributed by atoms with van der Waals surface area (Å²) in [5, 5.41) is 25.5. The normalized spacial score (nSPS) is 16.0. The van der Waals surface area contributed by atoms with Crippen LogP contribution in [-0.4, -0.2) is 44.4 Å². The fraction of sp³-hybridized carbons (Fsp3) is 0.208. The third-order valence-corrected chi connectivity index (χ3v) is 11.3. The average molecular weight is 715 g/mol. The van der Waals surface area contributed by atoms with Crippen LogP contribution in [0.25, 0.3) is 0 Å². The van der Waals surface area contributed by atoms with Gasteiger partial charge in [-0.1, -0.05) is 195 Å². The summed E-state index contributed by atoms with van der Waals surface area (Å²) in [6, 6.07) is 57.9. The molecule has 0 radical (unpaired) electrons. The van der Waals surface area contributed by atoms with E-state index in [-0.39, 0.29) is 12.8 Å². The van der Waals surface area contributed by atoms with Gasteiger partial charge in [-0.05, 0) is 46.2 Å². The number of benzene rings is 6. The molecule has 1 aliphatic rings. The first-order valence-electron chi connectivity index (χ1n) is 18.8. The van der Waals surface area contributed by atoms with E-state index in [0.717, 1.165) is 56.3 Å². The molecule has 6 aromatic rings. The van der Waals surface area contributed by atoms with Crippen LogP contribution in [0, 0.1) is 0 Å². The van der Waals surface area contributed by atoms with Gasteiger partial charge in [0.1, 0.15) is 0 Å². The molecule has 0 aliphatic heterocycles. The molecule has 1 aliphatic carbocycles. The van der Waals surface area contributed by atoms with Gasteiger partial charge in [0.2, 0.25) is 11.8 Å². The zero-order chi connectivity index (χ0) is 37.4. The number of amides is 2. The van der Waals surface area contributed by atoms with E-state index in [9.17, 15) is 20.0 Å². The van der Waals surface area contributed by atoms with Gasteiger partial charge < -0.3 is 0 Å². The second kappa shape index (κ2) is 16.5. The molecule has 0 bridgehead atoms. The summed E-state index contributed by atoms with van der Waals surface area (Å²) >= 11 is 0. The van der Waals surface area contributed by atoms with Gasteiger partial charge in [-0.15, -0.1) is 0 Å². The molecule has 0 saturated heterocycles. The summed E-state index contributed by atoms with van der Waals surface area (Å²) in [5.74, 6) is -0.979. The summed E-state index contributed by atoms with van der Waals surface area (Å²) in [4.78, 5) is 29.2. The van der Waals surface area contributed by atoms with E-state index in [4.69, 9.17) is 0 Å². The molecule has 54 heavy (non-hydrogen) atoms. The van der Waals surface area contributed by atoms with Crippen molar-refractivity contribution in [3.63, 3.8) is 0 Å². The molecule has 0 heterocycles. The predicted octanol–water partition coefficient (Wildman–Crippen LogP) is 9.58. The largest absolute Gasteiger partial charge is 0.286 e. The first kappa shape index (κ1) is 36.5. The standard InChI is InChI=1S/C48H46N2O4/c51-45(35-47(37-21-7-1-8-22-37,38-23-9-2-10-24-38)39-25-11-3-12-26-39)49(53)43-33-19-20-34-44(43)50(54)46(52)36-48(40-27-13-4-14-28-40,41-29-15-5-16-30-41)42-31-17-6-18-32-42/h1-18,21-32,43-44,53-54H,19-20,33-36H2/t43-,44-/m1/s1. The summed E-state index contributed by atoms with van der Waals surface area (Å²) in [6.07, 6.45) is 2.24. The fourth-order valence-corrected chi connectivity index (χ4v) is 8.60. The zero-order valence-corrected chi connectivity index (χ0v) is 30.3. The van der Waals surface area contributed by atoms with Crippen LogP contribution in [0.5, 0.6) is 0 Å². The van der Waals surface area contributed by atoms with Crippen LogP contribution < -0.4 is 0 Å². The quantitative estimate of drug-likeness (QED) is 0.0752. The molecule has 0 unspecified atom stereocenters. The summed E-state index contributed by atoms with van der Waals surface area (Å²) < 4.78 is 0. The molecule has 272 valence electrons. The third kappa shape index (κ3) is 7.11. The van der Waals surface area contributed by atoms with Gasteiger partial charge in [-0.3, -0.25) is 20.0 Å². The molecule has 1 fully saturated rings. The molecule has 1 saturated carbocycles. The SMILES string of the molecule is O=C(CC(c1ccccc1)(c1ccccc1)c1ccccc1)N(O)[C@@H]1CCCC[C@H]1N(O)C(=O)CC(c1ccccc1)(c1ccccc1)c1ccccc1. The van der Waals surface area contributed by atoms with Crippen molar-refractivity contribution >= 4 is 11.8 Å².